The Hall–Kier alpha value is -1.80. The van der Waals surface area contributed by atoms with Gasteiger partial charge in [-0.15, -0.1) is 0 Å². The molecule has 4 aliphatic rings. The van der Waals surface area contributed by atoms with Gasteiger partial charge in [0.15, 0.2) is 0 Å². The molecule has 4 heterocycles. The second-order valence-corrected chi connectivity index (χ2v) is 18.7. The van der Waals surface area contributed by atoms with Crippen LogP contribution in [0, 0.1) is 5.41 Å². The lowest BCUT2D eigenvalue weighted by molar-refractivity contribution is -0.408. The number of carbonyl (C=O) groups excluding carboxylic acids is 3. The number of aliphatic hydroxyl groups excluding tert-OH is 3. The predicted octanol–water partition coefficient (Wildman–Crippen LogP) is -0.133. The molecule has 0 saturated carbocycles. The fourth-order valence-corrected chi connectivity index (χ4v) is 10.5. The van der Waals surface area contributed by atoms with E-state index < -0.39 is 88.0 Å². The van der Waals surface area contributed by atoms with Gasteiger partial charge in [0, 0.05) is 29.8 Å². The van der Waals surface area contributed by atoms with Gasteiger partial charge in [0.25, 0.3) is 0 Å². The molecule has 0 aromatic rings. The van der Waals surface area contributed by atoms with Crippen molar-refractivity contribution in [2.75, 3.05) is 38.8 Å². The van der Waals surface area contributed by atoms with Crippen LogP contribution in [0.3, 0.4) is 0 Å². The minimum Gasteiger partial charge on any atom is -0.463 e. The molecular weight excluding hydrogens is 714 g/mol. The molecule has 53 heavy (non-hydrogen) atoms. The fraction of sp³-hybridized carbons (Fsp3) is 0.917. The van der Waals surface area contributed by atoms with Crippen LogP contribution in [0.5, 0.6) is 0 Å². The van der Waals surface area contributed by atoms with Crippen LogP contribution in [0.4, 0.5) is 4.79 Å². The van der Waals surface area contributed by atoms with E-state index in [-0.39, 0.29) is 43.0 Å². The molecule has 4 saturated heterocycles. The van der Waals surface area contributed by atoms with Crippen LogP contribution < -0.4 is 16.0 Å². The van der Waals surface area contributed by atoms with Crippen molar-refractivity contribution in [2.45, 2.75) is 163 Å². The second kappa shape index (κ2) is 14.6. The zero-order chi connectivity index (χ0) is 40.3. The molecule has 4 aliphatic heterocycles. The molecule has 16 nitrogen and oxygen atoms in total. The Labute approximate surface area is 316 Å². The smallest absolute Gasteiger partial charge is 0.315 e. The van der Waals surface area contributed by atoms with Gasteiger partial charge >= 0.3 is 12.0 Å². The van der Waals surface area contributed by atoms with E-state index in [4.69, 9.17) is 18.9 Å². The molecule has 0 bridgehead atoms. The van der Waals surface area contributed by atoms with Crippen LogP contribution in [0.2, 0.25) is 0 Å². The van der Waals surface area contributed by atoms with E-state index >= 15 is 0 Å². The molecule has 0 aliphatic carbocycles. The summed E-state index contributed by atoms with van der Waals surface area (Å²) in [7, 11) is 0. The van der Waals surface area contributed by atoms with E-state index in [1.807, 2.05) is 0 Å². The Morgan fingerprint density at radius 1 is 0.849 bits per heavy atom. The van der Waals surface area contributed by atoms with Crippen molar-refractivity contribution in [1.82, 2.24) is 16.0 Å². The Morgan fingerprint density at radius 2 is 1.47 bits per heavy atom. The van der Waals surface area contributed by atoms with Gasteiger partial charge in [0.1, 0.15) is 45.8 Å². The number of rotatable bonds is 14. The van der Waals surface area contributed by atoms with Gasteiger partial charge in [0.05, 0.1) is 50.2 Å². The molecule has 306 valence electrons. The number of ether oxygens (including phenoxy) is 4. The molecule has 4 fully saturated rings. The van der Waals surface area contributed by atoms with Crippen molar-refractivity contribution in [2.24, 2.45) is 5.41 Å². The van der Waals surface area contributed by atoms with Gasteiger partial charge in [0.2, 0.25) is 5.91 Å². The monoisotopic (exact) mass is 777 g/mol. The number of thioether (sulfide) groups is 1. The van der Waals surface area contributed by atoms with Gasteiger partial charge in [-0.3, -0.25) is 9.59 Å². The molecule has 13 atom stereocenters. The van der Waals surface area contributed by atoms with Crippen molar-refractivity contribution in [3.8, 4) is 0 Å². The first kappa shape index (κ1) is 43.9. The second-order valence-electron chi connectivity index (χ2n) is 17.4. The highest BCUT2D eigenvalue weighted by molar-refractivity contribution is 8.00. The zero-order valence-electron chi connectivity index (χ0n) is 32.8. The number of nitrogens with one attached hydrogen (secondary N) is 3. The lowest BCUT2D eigenvalue weighted by Gasteiger charge is -2.66. The van der Waals surface area contributed by atoms with Crippen LogP contribution in [0.1, 0.15) is 94.9 Å². The van der Waals surface area contributed by atoms with Gasteiger partial charge in [-0.1, -0.05) is 13.3 Å². The van der Waals surface area contributed by atoms with Gasteiger partial charge in [-0.2, -0.15) is 11.8 Å². The molecule has 4 rings (SSSR count). The minimum atomic E-state index is -2.22. The lowest BCUT2D eigenvalue weighted by Crippen LogP contribution is -2.85. The first-order valence-electron chi connectivity index (χ1n) is 18.3. The van der Waals surface area contributed by atoms with Crippen molar-refractivity contribution in [3.63, 3.8) is 0 Å². The Bertz CT molecular complexity index is 1400. The Kier molecular flexibility index (Phi) is 12.1. The average Bonchev–Trinajstić information content (AvgIpc) is 3.62. The first-order valence-corrected chi connectivity index (χ1v) is 19.4. The predicted molar refractivity (Wildman–Crippen MR) is 194 cm³/mol. The Morgan fingerprint density at radius 3 is 2.06 bits per heavy atom. The van der Waals surface area contributed by atoms with Crippen LogP contribution in [0.25, 0.3) is 0 Å². The van der Waals surface area contributed by atoms with E-state index in [1.165, 1.54) is 48.5 Å². The van der Waals surface area contributed by atoms with Gasteiger partial charge in [-0.05, 0) is 68.2 Å². The number of aliphatic hydroxyl groups is 6. The summed E-state index contributed by atoms with van der Waals surface area (Å²) in [4.78, 5) is 37.6. The van der Waals surface area contributed by atoms with Crippen molar-refractivity contribution in [3.05, 3.63) is 0 Å². The van der Waals surface area contributed by atoms with Crippen LogP contribution in [-0.4, -0.2) is 156 Å². The highest BCUT2D eigenvalue weighted by Gasteiger charge is 2.74. The summed E-state index contributed by atoms with van der Waals surface area (Å²) >= 11 is 1.80. The molecule has 0 spiro atoms. The summed E-state index contributed by atoms with van der Waals surface area (Å²) < 4.78 is 24.7. The summed E-state index contributed by atoms with van der Waals surface area (Å²) in [6.45, 7) is 11.9. The summed E-state index contributed by atoms with van der Waals surface area (Å²) in [6.07, 6.45) is 0.749. The number of urea groups is 1. The number of hydrogen-bond donors (Lipinski definition) is 9. The first-order chi connectivity index (χ1) is 24.2. The molecular formula is C36H63N3O13S. The topological polar surface area (TPSA) is 246 Å². The fourth-order valence-electron chi connectivity index (χ4n) is 8.93. The van der Waals surface area contributed by atoms with Gasteiger partial charge < -0.3 is 65.5 Å². The molecule has 0 aromatic heterocycles. The van der Waals surface area contributed by atoms with Gasteiger partial charge in [-0.25, -0.2) is 4.79 Å². The standard InChI is InChI=1S/C36H63N3O13S/c1-21(42)39-33(7)28(2,18-49-19-32(6)35(9,47)36(10,48)34(8,46)30(4,17-41)52-32)26(44)29(3,16-40)51-31(33,5)20-50-24(43)14-12-11-13-23-25-22(15-53-23)37-27(45)38-25/h22-23,25-26,40-41,44,46-48H,11-20H2,1-10H3,(H,39,42)(H2,37,38,45)/t22-,23?,25-,26+,28+,29?,30?,31-,32-,33?,34-,35?,36+/m0/s1. The van der Waals surface area contributed by atoms with E-state index in [9.17, 15) is 45.0 Å². The molecule has 3 amide bonds. The number of unbranched alkanes of at least 4 members (excludes halogenated alkanes) is 1. The maximum atomic E-state index is 13.1. The number of esters is 1. The third kappa shape index (κ3) is 6.99. The molecule has 0 radical (unpaired) electrons. The maximum Gasteiger partial charge on any atom is 0.315 e. The van der Waals surface area contributed by atoms with Crippen molar-refractivity contribution in [1.29, 1.82) is 0 Å². The highest BCUT2D eigenvalue weighted by Crippen LogP contribution is 2.56. The van der Waals surface area contributed by atoms with Crippen molar-refractivity contribution >= 4 is 29.7 Å². The summed E-state index contributed by atoms with van der Waals surface area (Å²) in [5.41, 5.74) is -16.2. The normalized spacial score (nSPS) is 48.1. The number of fused-ring (bicyclic) bond motifs is 1. The highest BCUT2D eigenvalue weighted by atomic mass is 32.2. The average molecular weight is 778 g/mol. The molecule has 17 heteroatoms. The molecule has 9 N–H and O–H groups in total. The van der Waals surface area contributed by atoms with Crippen LogP contribution >= 0.6 is 11.8 Å². The summed E-state index contributed by atoms with van der Waals surface area (Å²) in [5, 5.41) is 76.5. The zero-order valence-corrected chi connectivity index (χ0v) is 33.6. The quantitative estimate of drug-likeness (QED) is 0.0634. The SMILES string of the molecule is CC(=O)NC1(C)[C@](C)(COC(=O)CCCCC2SC[C@@H]3NC(=O)N[C@H]23)OC(C)(CO)[C@H](O)[C@@]1(C)COC[C@]1(C)OC(C)(CO)[C@](C)(O)[C@@](C)(O)C1(C)O. The third-order valence-electron chi connectivity index (χ3n) is 13.6. The van der Waals surface area contributed by atoms with E-state index in [0.29, 0.717) is 6.42 Å². The van der Waals surface area contributed by atoms with E-state index in [1.54, 1.807) is 32.5 Å². The maximum absolute atomic E-state index is 13.1. The van der Waals surface area contributed by atoms with Crippen LogP contribution in [-0.2, 0) is 28.5 Å². The molecule has 0 aromatic carbocycles. The van der Waals surface area contributed by atoms with Crippen LogP contribution in [0.15, 0.2) is 0 Å². The Balaban J connectivity index is 1.52. The number of amides is 3. The van der Waals surface area contributed by atoms with Crippen molar-refractivity contribution < 1.29 is 64.0 Å². The summed E-state index contributed by atoms with van der Waals surface area (Å²) in [5.74, 6) is -0.139. The lowest BCUT2D eigenvalue weighted by atomic mass is 9.55. The summed E-state index contributed by atoms with van der Waals surface area (Å²) in [6, 6.07) is 0.0362. The third-order valence-corrected chi connectivity index (χ3v) is 15.1. The van der Waals surface area contributed by atoms with E-state index in [2.05, 4.69) is 16.0 Å². The minimum absolute atomic E-state index is 0.0713. The molecule has 5 unspecified atom stereocenters. The number of carbonyl (C=O) groups is 3. The largest absolute Gasteiger partial charge is 0.463 e. The van der Waals surface area contributed by atoms with E-state index in [0.717, 1.165) is 18.6 Å². The number of hydrogen-bond acceptors (Lipinski definition) is 14.